The molecule has 1 aliphatic rings. The van der Waals surface area contributed by atoms with Gasteiger partial charge in [-0.05, 0) is 82.8 Å². The first-order chi connectivity index (χ1) is 20.0. The largest absolute Gasteiger partial charge is 0.490 e. The molecule has 41 heavy (non-hydrogen) atoms. The van der Waals surface area contributed by atoms with Gasteiger partial charge in [0, 0.05) is 41.0 Å². The van der Waals surface area contributed by atoms with E-state index in [0.717, 1.165) is 50.1 Å². The zero-order valence-corrected chi connectivity index (χ0v) is 23.3. The number of rotatable bonds is 14. The van der Waals surface area contributed by atoms with Gasteiger partial charge >= 0.3 is 0 Å². The molecule has 0 bridgehead atoms. The van der Waals surface area contributed by atoms with Crippen LogP contribution in [0.5, 0.6) is 11.5 Å². The van der Waals surface area contributed by atoms with Crippen molar-refractivity contribution in [3.63, 3.8) is 0 Å². The summed E-state index contributed by atoms with van der Waals surface area (Å²) >= 11 is 0. The highest BCUT2D eigenvalue weighted by atomic mass is 19.1. The summed E-state index contributed by atoms with van der Waals surface area (Å²) in [5.74, 6) is 0.858. The number of hydrogen-bond acceptors (Lipinski definition) is 8. The van der Waals surface area contributed by atoms with Gasteiger partial charge in [0.1, 0.15) is 12.1 Å². The van der Waals surface area contributed by atoms with Crippen molar-refractivity contribution in [3.8, 4) is 11.5 Å². The highest BCUT2D eigenvalue weighted by Gasteiger charge is 2.16. The number of ether oxygens (including phenoxy) is 2. The third-order valence-electron chi connectivity index (χ3n) is 7.33. The standard InChI is InChI=1S/C30H37FN6O4/c1-20-16-21-23(34-20)9-10-24(29(21)31)35-30-22-17-26(40-14-6-2-3-8-28(38)36-39)27(18-25(22)32-19-33-30)41-15-7-13-37-11-4-5-12-37/h9-10,16-19,34,39H,2-8,11-15H2,1H3,(H,36,38)(H,32,33,35). The topological polar surface area (TPSA) is 125 Å². The number of carbonyl (C=O) groups is 1. The molecule has 1 amide bonds. The maximum atomic E-state index is 15.3. The number of benzene rings is 2. The zero-order chi connectivity index (χ0) is 28.6. The fourth-order valence-electron chi connectivity index (χ4n) is 5.20. The number of amides is 1. The molecular formula is C30H37FN6O4. The molecule has 0 radical (unpaired) electrons. The summed E-state index contributed by atoms with van der Waals surface area (Å²) in [6.45, 7) is 6.15. The van der Waals surface area contributed by atoms with Crippen molar-refractivity contribution in [2.75, 3.05) is 38.2 Å². The van der Waals surface area contributed by atoms with Crippen LogP contribution in [0.3, 0.4) is 0 Å². The van der Waals surface area contributed by atoms with Crippen molar-refractivity contribution in [1.29, 1.82) is 0 Å². The monoisotopic (exact) mass is 564 g/mol. The van der Waals surface area contributed by atoms with Crippen LogP contribution >= 0.6 is 0 Å². The first kappa shape index (κ1) is 28.6. The number of unbranched alkanes of at least 4 members (excludes halogenated alkanes) is 2. The van der Waals surface area contributed by atoms with E-state index < -0.39 is 5.91 Å². The maximum Gasteiger partial charge on any atom is 0.243 e. The second-order valence-corrected chi connectivity index (χ2v) is 10.4. The molecule has 3 heterocycles. The van der Waals surface area contributed by atoms with E-state index in [4.69, 9.17) is 14.7 Å². The molecule has 0 spiro atoms. The van der Waals surface area contributed by atoms with Crippen LogP contribution in [0.4, 0.5) is 15.9 Å². The molecular weight excluding hydrogens is 527 g/mol. The number of halogens is 1. The van der Waals surface area contributed by atoms with Gasteiger partial charge in [-0.1, -0.05) is 0 Å². The second-order valence-electron chi connectivity index (χ2n) is 10.4. The van der Waals surface area contributed by atoms with Crippen LogP contribution in [-0.2, 0) is 4.79 Å². The van der Waals surface area contributed by atoms with E-state index in [2.05, 4.69) is 25.2 Å². The molecule has 5 rings (SSSR count). The normalized spacial score (nSPS) is 13.6. The number of nitrogens with one attached hydrogen (secondary N) is 3. The molecule has 218 valence electrons. The predicted octanol–water partition coefficient (Wildman–Crippen LogP) is 5.61. The van der Waals surface area contributed by atoms with E-state index in [0.29, 0.717) is 58.9 Å². The highest BCUT2D eigenvalue weighted by Crippen LogP contribution is 2.36. The van der Waals surface area contributed by atoms with Crippen molar-refractivity contribution in [2.45, 2.75) is 51.9 Å². The van der Waals surface area contributed by atoms with E-state index in [1.807, 2.05) is 25.1 Å². The summed E-state index contributed by atoms with van der Waals surface area (Å²) in [4.78, 5) is 25.7. The van der Waals surface area contributed by atoms with Gasteiger partial charge < -0.3 is 24.7 Å². The summed E-state index contributed by atoms with van der Waals surface area (Å²) in [5.41, 5.74) is 4.23. The zero-order valence-electron chi connectivity index (χ0n) is 23.3. The van der Waals surface area contributed by atoms with Gasteiger partial charge in [0.25, 0.3) is 0 Å². The van der Waals surface area contributed by atoms with Crippen LogP contribution in [-0.4, -0.2) is 63.8 Å². The van der Waals surface area contributed by atoms with Gasteiger partial charge in [-0.2, -0.15) is 0 Å². The Hall–Kier alpha value is -3.96. The number of aromatic nitrogens is 3. The molecule has 1 saturated heterocycles. The van der Waals surface area contributed by atoms with E-state index >= 15 is 4.39 Å². The molecule has 1 fully saturated rings. The first-order valence-corrected chi connectivity index (χ1v) is 14.3. The molecule has 10 nitrogen and oxygen atoms in total. The number of nitrogens with zero attached hydrogens (tertiary/aromatic N) is 3. The molecule has 11 heteroatoms. The summed E-state index contributed by atoms with van der Waals surface area (Å²) in [6, 6.07) is 8.98. The van der Waals surface area contributed by atoms with Gasteiger partial charge in [-0.15, -0.1) is 0 Å². The van der Waals surface area contributed by atoms with Crippen molar-refractivity contribution < 1.29 is 23.9 Å². The number of fused-ring (bicyclic) bond motifs is 2. The summed E-state index contributed by atoms with van der Waals surface area (Å²) < 4.78 is 27.7. The lowest BCUT2D eigenvalue weighted by Gasteiger charge is -2.17. The fourth-order valence-corrected chi connectivity index (χ4v) is 5.20. The van der Waals surface area contributed by atoms with Gasteiger partial charge in [-0.3, -0.25) is 10.0 Å². The third kappa shape index (κ3) is 7.22. The van der Waals surface area contributed by atoms with Crippen molar-refractivity contribution in [3.05, 3.63) is 48.2 Å². The summed E-state index contributed by atoms with van der Waals surface area (Å²) in [6.07, 6.45) is 7.26. The molecule has 4 aromatic rings. The number of anilines is 2. The fraction of sp³-hybridized carbons (Fsp3) is 0.433. The van der Waals surface area contributed by atoms with Gasteiger partial charge in [0.15, 0.2) is 17.3 Å². The second kappa shape index (κ2) is 13.6. The lowest BCUT2D eigenvalue weighted by atomic mass is 10.1. The number of aromatic amines is 1. The Morgan fingerprint density at radius 1 is 1.02 bits per heavy atom. The molecule has 0 atom stereocenters. The highest BCUT2D eigenvalue weighted by molar-refractivity contribution is 5.94. The van der Waals surface area contributed by atoms with Crippen LogP contribution < -0.4 is 20.3 Å². The average Bonchev–Trinajstić information content (AvgIpc) is 3.64. The Kier molecular flexibility index (Phi) is 9.48. The minimum atomic E-state index is -0.396. The number of hydrogen-bond donors (Lipinski definition) is 4. The van der Waals surface area contributed by atoms with E-state index in [9.17, 15) is 4.79 Å². The Morgan fingerprint density at radius 2 is 1.80 bits per heavy atom. The molecule has 2 aromatic carbocycles. The first-order valence-electron chi connectivity index (χ1n) is 14.3. The summed E-state index contributed by atoms with van der Waals surface area (Å²) in [7, 11) is 0. The lowest BCUT2D eigenvalue weighted by molar-refractivity contribution is -0.129. The van der Waals surface area contributed by atoms with Gasteiger partial charge in [-0.25, -0.2) is 19.8 Å². The minimum Gasteiger partial charge on any atom is -0.490 e. The van der Waals surface area contributed by atoms with Crippen LogP contribution in [0.25, 0.3) is 21.8 Å². The molecule has 0 unspecified atom stereocenters. The number of likely N-dealkylation sites (tertiary alicyclic amines) is 1. The molecule has 0 saturated carbocycles. The Balaban J connectivity index is 1.33. The quantitative estimate of drug-likeness (QED) is 0.0885. The molecule has 2 aromatic heterocycles. The Morgan fingerprint density at radius 3 is 2.61 bits per heavy atom. The average molecular weight is 565 g/mol. The molecule has 4 N–H and O–H groups in total. The predicted molar refractivity (Wildman–Crippen MR) is 155 cm³/mol. The Labute approximate surface area is 238 Å². The third-order valence-corrected chi connectivity index (χ3v) is 7.33. The van der Waals surface area contributed by atoms with Crippen LogP contribution in [0.2, 0.25) is 0 Å². The maximum absolute atomic E-state index is 15.3. The van der Waals surface area contributed by atoms with Gasteiger partial charge in [0.05, 0.1) is 24.4 Å². The van der Waals surface area contributed by atoms with Crippen LogP contribution in [0, 0.1) is 12.7 Å². The number of H-pyrrole nitrogens is 1. The van der Waals surface area contributed by atoms with Gasteiger partial charge in [0.2, 0.25) is 5.91 Å². The lowest BCUT2D eigenvalue weighted by Crippen LogP contribution is -2.22. The van der Waals surface area contributed by atoms with Crippen molar-refractivity contribution in [1.82, 2.24) is 25.3 Å². The minimum absolute atomic E-state index is 0.259. The molecule has 1 aliphatic heterocycles. The van der Waals surface area contributed by atoms with Crippen LogP contribution in [0.1, 0.15) is 50.6 Å². The van der Waals surface area contributed by atoms with Crippen molar-refractivity contribution in [2.24, 2.45) is 0 Å². The molecule has 0 aliphatic carbocycles. The SMILES string of the molecule is Cc1cc2c(F)c(Nc3ncnc4cc(OCCCN5CCCC5)c(OCCCCCC(=O)NO)cc34)ccc2[nH]1. The number of hydroxylamine groups is 1. The van der Waals surface area contributed by atoms with Crippen LogP contribution in [0.15, 0.2) is 36.7 Å². The smallest absolute Gasteiger partial charge is 0.243 e. The number of aryl methyl sites for hydroxylation is 1. The van der Waals surface area contributed by atoms with Crippen molar-refractivity contribution >= 4 is 39.2 Å². The summed E-state index contributed by atoms with van der Waals surface area (Å²) in [5, 5.41) is 13.0. The Bertz CT molecular complexity index is 1490. The van der Waals surface area contributed by atoms with E-state index in [-0.39, 0.29) is 12.2 Å². The van der Waals surface area contributed by atoms with E-state index in [1.165, 1.54) is 19.2 Å². The van der Waals surface area contributed by atoms with E-state index in [1.54, 1.807) is 17.6 Å². The number of carbonyl (C=O) groups excluding carboxylic acids is 1.